The molecule has 0 fully saturated rings. The molecule has 9 heteroatoms. The van der Waals surface area contributed by atoms with Crippen LogP contribution < -0.4 is 27.1 Å². The highest BCUT2D eigenvalue weighted by molar-refractivity contribution is 5.99. The second-order valence-corrected chi connectivity index (χ2v) is 8.09. The smallest absolute Gasteiger partial charge is 0.295 e. The molecule has 5 N–H and O–H groups in total. The lowest BCUT2D eigenvalue weighted by molar-refractivity contribution is 0.0960. The summed E-state index contributed by atoms with van der Waals surface area (Å²) in [5.74, 6) is -0.832. The van der Waals surface area contributed by atoms with Crippen LogP contribution >= 0.6 is 0 Å². The van der Waals surface area contributed by atoms with Crippen LogP contribution in [0.4, 0.5) is 17.1 Å². The van der Waals surface area contributed by atoms with Gasteiger partial charge >= 0.3 is 0 Å². The number of aromatic nitrogens is 2. The predicted octanol–water partition coefficient (Wildman–Crippen LogP) is 3.90. The molecule has 4 aromatic rings. The minimum absolute atomic E-state index is 0.0210. The molecule has 0 aliphatic rings. The largest absolute Gasteiger partial charge is 0.505 e. The molecular formula is C27H27N5O4. The van der Waals surface area contributed by atoms with Crippen molar-refractivity contribution in [1.82, 2.24) is 15.1 Å². The van der Waals surface area contributed by atoms with Gasteiger partial charge in [0, 0.05) is 7.05 Å². The molecule has 1 heterocycles. The number of aromatic amines is 1. The summed E-state index contributed by atoms with van der Waals surface area (Å²) in [5, 5.41) is 22.0. The number of amides is 1. The van der Waals surface area contributed by atoms with E-state index in [1.807, 2.05) is 37.3 Å². The molecular weight excluding hydrogens is 458 g/mol. The monoisotopic (exact) mass is 485 g/mol. The third-order valence-corrected chi connectivity index (χ3v) is 5.82. The number of phenols is 1. The number of benzene rings is 3. The van der Waals surface area contributed by atoms with Crippen molar-refractivity contribution in [3.05, 3.63) is 111 Å². The minimum atomic E-state index is -0.545. The number of H-pyrrole nitrogens is 1. The first kappa shape index (κ1) is 24.3. The van der Waals surface area contributed by atoms with E-state index < -0.39 is 17.0 Å². The summed E-state index contributed by atoms with van der Waals surface area (Å²) < 4.78 is 1.14. The van der Waals surface area contributed by atoms with Gasteiger partial charge in [-0.05, 0) is 36.2 Å². The molecule has 3 aromatic carbocycles. The number of hydrogen-bond donors (Lipinski definition) is 5. The first-order valence-corrected chi connectivity index (χ1v) is 11.5. The highest BCUT2D eigenvalue weighted by atomic mass is 16.3. The summed E-state index contributed by atoms with van der Waals surface area (Å²) >= 11 is 0. The zero-order valence-corrected chi connectivity index (χ0v) is 19.9. The van der Waals surface area contributed by atoms with Gasteiger partial charge in [-0.2, -0.15) is 0 Å². The van der Waals surface area contributed by atoms with Crippen LogP contribution in [0.5, 0.6) is 5.75 Å². The number of nitrogens with one attached hydrogen (secondary N) is 4. The first-order chi connectivity index (χ1) is 17.4. The summed E-state index contributed by atoms with van der Waals surface area (Å²) in [5.41, 5.74) is 0.423. The first-order valence-electron chi connectivity index (χ1n) is 11.5. The fraction of sp³-hybridized carbons (Fsp3) is 0.148. The standard InChI is InChI=1S/C27H27N5O4/c1-3-20(17-11-6-4-7-12-17)29-22-23(30-21-16-10-15-19(24(21)33)25(34)28-2)27(36)32(31-26(22)35)18-13-8-5-9-14-18/h4-16,20,29-30,33H,3H2,1-2H3,(H,28,34)(H,31,35). The van der Waals surface area contributed by atoms with Crippen molar-refractivity contribution in [3.8, 4) is 11.4 Å². The van der Waals surface area contributed by atoms with Crippen molar-refractivity contribution in [2.45, 2.75) is 19.4 Å². The van der Waals surface area contributed by atoms with E-state index in [9.17, 15) is 19.5 Å². The lowest BCUT2D eigenvalue weighted by Crippen LogP contribution is -2.33. The number of anilines is 3. The Balaban J connectivity index is 1.88. The van der Waals surface area contributed by atoms with E-state index in [4.69, 9.17) is 0 Å². The Bertz CT molecular complexity index is 1480. The Kier molecular flexibility index (Phi) is 7.20. The number of carbonyl (C=O) groups excluding carboxylic acids is 1. The van der Waals surface area contributed by atoms with Crippen molar-refractivity contribution in [2.24, 2.45) is 0 Å². The topological polar surface area (TPSA) is 128 Å². The number of rotatable bonds is 8. The Hall–Kier alpha value is -4.79. The summed E-state index contributed by atoms with van der Waals surface area (Å²) in [6.07, 6.45) is 0.641. The van der Waals surface area contributed by atoms with Gasteiger partial charge in [0.15, 0.2) is 5.75 Å². The molecule has 9 nitrogen and oxygen atoms in total. The van der Waals surface area contributed by atoms with Gasteiger partial charge in [0.05, 0.1) is 23.0 Å². The molecule has 36 heavy (non-hydrogen) atoms. The number of phenolic OH excluding ortho intramolecular Hbond substituents is 1. The Morgan fingerprint density at radius 1 is 0.944 bits per heavy atom. The Labute approximate surface area is 207 Å². The third-order valence-electron chi connectivity index (χ3n) is 5.82. The van der Waals surface area contributed by atoms with Crippen molar-refractivity contribution >= 4 is 23.0 Å². The summed E-state index contributed by atoms with van der Waals surface area (Å²) in [4.78, 5) is 39.2. The number of nitrogens with zero attached hydrogens (tertiary/aromatic N) is 1. The van der Waals surface area contributed by atoms with Crippen LogP contribution in [0.15, 0.2) is 88.5 Å². The maximum Gasteiger partial charge on any atom is 0.295 e. The van der Waals surface area contributed by atoms with Gasteiger partial charge in [-0.25, -0.2) is 4.68 Å². The van der Waals surface area contributed by atoms with E-state index in [2.05, 4.69) is 21.0 Å². The van der Waals surface area contributed by atoms with Crippen LogP contribution in [0.2, 0.25) is 0 Å². The lowest BCUT2D eigenvalue weighted by atomic mass is 10.0. The van der Waals surface area contributed by atoms with E-state index in [1.54, 1.807) is 36.4 Å². The summed E-state index contributed by atoms with van der Waals surface area (Å²) in [7, 11) is 1.45. The molecule has 0 saturated carbocycles. The van der Waals surface area contributed by atoms with Gasteiger partial charge in [-0.15, -0.1) is 0 Å². The van der Waals surface area contributed by atoms with Crippen LogP contribution in [-0.2, 0) is 0 Å². The van der Waals surface area contributed by atoms with Gasteiger partial charge in [-0.1, -0.05) is 61.5 Å². The SMILES string of the molecule is CCC(Nc1c(Nc2cccc(C(=O)NC)c2O)c(=O)n(-c2ccccc2)[nH]c1=O)c1ccccc1. The zero-order chi connectivity index (χ0) is 25.7. The molecule has 0 aliphatic carbocycles. The second-order valence-electron chi connectivity index (χ2n) is 8.09. The maximum absolute atomic E-state index is 13.7. The predicted molar refractivity (Wildman–Crippen MR) is 141 cm³/mol. The molecule has 184 valence electrons. The number of carbonyl (C=O) groups is 1. The zero-order valence-electron chi connectivity index (χ0n) is 19.9. The molecule has 0 spiro atoms. The molecule has 1 unspecified atom stereocenters. The van der Waals surface area contributed by atoms with Crippen molar-refractivity contribution in [2.75, 3.05) is 17.7 Å². The van der Waals surface area contributed by atoms with Crippen molar-refractivity contribution in [3.63, 3.8) is 0 Å². The van der Waals surface area contributed by atoms with Crippen LogP contribution in [0.1, 0.15) is 35.3 Å². The molecule has 0 saturated heterocycles. The van der Waals surface area contributed by atoms with E-state index in [0.717, 1.165) is 10.2 Å². The average molecular weight is 486 g/mol. The quantitative estimate of drug-likeness (QED) is 0.241. The molecule has 0 bridgehead atoms. The van der Waals surface area contributed by atoms with Crippen molar-refractivity contribution < 1.29 is 9.90 Å². The van der Waals surface area contributed by atoms with E-state index in [1.165, 1.54) is 19.2 Å². The molecule has 4 rings (SSSR count). The van der Waals surface area contributed by atoms with Gasteiger partial charge in [-0.3, -0.25) is 19.5 Å². The third kappa shape index (κ3) is 4.85. The number of aromatic hydroxyl groups is 1. The number of para-hydroxylation sites is 2. The molecule has 1 amide bonds. The molecule has 1 atom stereocenters. The Morgan fingerprint density at radius 2 is 1.61 bits per heavy atom. The van der Waals surface area contributed by atoms with Crippen LogP contribution in [0.25, 0.3) is 5.69 Å². The normalized spacial score (nSPS) is 11.5. The van der Waals surface area contributed by atoms with Crippen molar-refractivity contribution in [1.29, 1.82) is 0 Å². The molecule has 1 aromatic heterocycles. The molecule has 0 radical (unpaired) electrons. The fourth-order valence-corrected chi connectivity index (χ4v) is 3.93. The van der Waals surface area contributed by atoms with E-state index >= 15 is 0 Å². The minimum Gasteiger partial charge on any atom is -0.505 e. The highest BCUT2D eigenvalue weighted by Crippen LogP contribution is 2.32. The van der Waals surface area contributed by atoms with Crippen LogP contribution in [-0.4, -0.2) is 27.8 Å². The highest BCUT2D eigenvalue weighted by Gasteiger charge is 2.22. The average Bonchev–Trinajstić information content (AvgIpc) is 2.91. The summed E-state index contributed by atoms with van der Waals surface area (Å²) in [6, 6.07) is 22.6. The van der Waals surface area contributed by atoms with Gasteiger partial charge < -0.3 is 21.1 Å². The number of hydrogen-bond acceptors (Lipinski definition) is 6. The molecule has 0 aliphatic heterocycles. The van der Waals surface area contributed by atoms with Crippen LogP contribution in [0.3, 0.4) is 0 Å². The summed E-state index contributed by atoms with van der Waals surface area (Å²) in [6.45, 7) is 1.97. The van der Waals surface area contributed by atoms with Gasteiger partial charge in [0.1, 0.15) is 11.4 Å². The lowest BCUT2D eigenvalue weighted by Gasteiger charge is -2.21. The fourth-order valence-electron chi connectivity index (χ4n) is 3.93. The van der Waals surface area contributed by atoms with Gasteiger partial charge in [0.25, 0.3) is 17.0 Å². The van der Waals surface area contributed by atoms with Crippen LogP contribution in [0, 0.1) is 0 Å². The van der Waals surface area contributed by atoms with E-state index in [0.29, 0.717) is 12.1 Å². The van der Waals surface area contributed by atoms with Gasteiger partial charge in [0.2, 0.25) is 0 Å². The Morgan fingerprint density at radius 3 is 2.25 bits per heavy atom. The second kappa shape index (κ2) is 10.6. The van der Waals surface area contributed by atoms with E-state index in [-0.39, 0.29) is 34.4 Å². The maximum atomic E-state index is 13.7.